The molecule has 0 aliphatic heterocycles. The zero-order valence-corrected chi connectivity index (χ0v) is 10.9. The van der Waals surface area contributed by atoms with E-state index in [2.05, 4.69) is 25.2 Å². The predicted octanol–water partition coefficient (Wildman–Crippen LogP) is 4.33. The maximum Gasteiger partial charge on any atom is 0.0992 e. The number of nitrogens with one attached hydrogen (secondary N) is 1. The molecule has 0 radical (unpaired) electrons. The van der Waals surface area contributed by atoms with Crippen molar-refractivity contribution in [3.8, 4) is 6.07 Å². The topological polar surface area (TPSA) is 35.8 Å². The summed E-state index contributed by atoms with van der Waals surface area (Å²) in [6, 6.07) is 10.3. The second-order valence-corrected chi connectivity index (χ2v) is 4.59. The van der Waals surface area contributed by atoms with Gasteiger partial charge in [-0.25, -0.2) is 0 Å². The first kappa shape index (κ1) is 13.6. The minimum Gasteiger partial charge on any atom is -0.383 e. The van der Waals surface area contributed by atoms with Crippen LogP contribution in [-0.4, -0.2) is 6.04 Å². The van der Waals surface area contributed by atoms with Crippen LogP contribution in [0.25, 0.3) is 0 Å². The molecule has 0 heterocycles. The molecule has 17 heavy (non-hydrogen) atoms. The Hall–Kier alpha value is -1.49. The number of hydrogen-bond acceptors (Lipinski definition) is 2. The summed E-state index contributed by atoms with van der Waals surface area (Å²) >= 11 is 0. The van der Waals surface area contributed by atoms with E-state index in [1.165, 1.54) is 32.1 Å². The third kappa shape index (κ3) is 5.40. The standard InChI is InChI=1S/C15H22N2/c1-3-4-5-6-8-13(2)17-15-10-7-9-14(11-15)12-16/h7,9-11,13,17H,3-6,8H2,1-2H3. The van der Waals surface area contributed by atoms with Gasteiger partial charge in [0.05, 0.1) is 11.6 Å². The highest BCUT2D eigenvalue weighted by atomic mass is 14.9. The summed E-state index contributed by atoms with van der Waals surface area (Å²) in [5.41, 5.74) is 1.76. The van der Waals surface area contributed by atoms with Crippen molar-refractivity contribution in [3.63, 3.8) is 0 Å². The summed E-state index contributed by atoms with van der Waals surface area (Å²) in [5.74, 6) is 0. The van der Waals surface area contributed by atoms with Crippen LogP contribution >= 0.6 is 0 Å². The van der Waals surface area contributed by atoms with Crippen molar-refractivity contribution in [2.45, 2.75) is 52.0 Å². The maximum atomic E-state index is 8.82. The molecule has 1 N–H and O–H groups in total. The Labute approximate surface area is 105 Å². The zero-order valence-electron chi connectivity index (χ0n) is 10.9. The third-order valence-corrected chi connectivity index (χ3v) is 2.90. The van der Waals surface area contributed by atoms with Crippen LogP contribution in [0.15, 0.2) is 24.3 Å². The minimum atomic E-state index is 0.473. The van der Waals surface area contributed by atoms with Gasteiger partial charge in [-0.05, 0) is 31.5 Å². The molecule has 0 bridgehead atoms. The summed E-state index contributed by atoms with van der Waals surface area (Å²) in [4.78, 5) is 0. The number of hydrogen-bond donors (Lipinski definition) is 1. The normalized spacial score (nSPS) is 11.8. The van der Waals surface area contributed by atoms with Crippen LogP contribution in [0.4, 0.5) is 5.69 Å². The van der Waals surface area contributed by atoms with Crippen molar-refractivity contribution < 1.29 is 0 Å². The van der Waals surface area contributed by atoms with Crippen molar-refractivity contribution in [3.05, 3.63) is 29.8 Å². The van der Waals surface area contributed by atoms with Gasteiger partial charge in [-0.1, -0.05) is 38.7 Å². The lowest BCUT2D eigenvalue weighted by Gasteiger charge is -2.15. The molecule has 1 aromatic carbocycles. The largest absolute Gasteiger partial charge is 0.383 e. The Kier molecular flexibility index (Phi) is 6.17. The van der Waals surface area contributed by atoms with Crippen LogP contribution in [0.5, 0.6) is 0 Å². The Morgan fingerprint density at radius 1 is 1.29 bits per heavy atom. The first-order chi connectivity index (χ1) is 8.26. The van der Waals surface area contributed by atoms with Gasteiger partial charge in [0.2, 0.25) is 0 Å². The molecule has 1 aromatic rings. The van der Waals surface area contributed by atoms with E-state index in [1.54, 1.807) is 0 Å². The number of anilines is 1. The summed E-state index contributed by atoms with van der Waals surface area (Å²) in [5, 5.41) is 12.3. The van der Waals surface area contributed by atoms with Gasteiger partial charge in [0.1, 0.15) is 0 Å². The van der Waals surface area contributed by atoms with E-state index in [0.29, 0.717) is 11.6 Å². The van der Waals surface area contributed by atoms with Gasteiger partial charge >= 0.3 is 0 Å². The van der Waals surface area contributed by atoms with E-state index in [1.807, 2.05) is 24.3 Å². The molecule has 0 spiro atoms. The number of rotatable bonds is 7. The van der Waals surface area contributed by atoms with Crippen LogP contribution in [0.3, 0.4) is 0 Å². The van der Waals surface area contributed by atoms with Crippen LogP contribution in [0.1, 0.15) is 51.5 Å². The fourth-order valence-corrected chi connectivity index (χ4v) is 1.91. The van der Waals surface area contributed by atoms with Crippen molar-refractivity contribution >= 4 is 5.69 Å². The molecule has 0 saturated carbocycles. The second kappa shape index (κ2) is 7.73. The van der Waals surface area contributed by atoms with Gasteiger partial charge < -0.3 is 5.32 Å². The highest BCUT2D eigenvalue weighted by Crippen LogP contribution is 2.14. The van der Waals surface area contributed by atoms with Gasteiger partial charge in [0.25, 0.3) is 0 Å². The number of benzene rings is 1. The van der Waals surface area contributed by atoms with Crippen LogP contribution in [-0.2, 0) is 0 Å². The van der Waals surface area contributed by atoms with E-state index >= 15 is 0 Å². The number of unbranched alkanes of at least 4 members (excludes halogenated alkanes) is 3. The lowest BCUT2D eigenvalue weighted by Crippen LogP contribution is -2.14. The first-order valence-corrected chi connectivity index (χ1v) is 6.53. The molecule has 1 rings (SSSR count). The van der Waals surface area contributed by atoms with Crippen LogP contribution < -0.4 is 5.32 Å². The lowest BCUT2D eigenvalue weighted by molar-refractivity contribution is 0.594. The first-order valence-electron chi connectivity index (χ1n) is 6.53. The average Bonchev–Trinajstić information content (AvgIpc) is 2.35. The molecule has 1 unspecified atom stereocenters. The van der Waals surface area contributed by atoms with Crippen LogP contribution in [0.2, 0.25) is 0 Å². The smallest absolute Gasteiger partial charge is 0.0992 e. The second-order valence-electron chi connectivity index (χ2n) is 4.59. The fourth-order valence-electron chi connectivity index (χ4n) is 1.91. The molecule has 92 valence electrons. The number of nitriles is 1. The summed E-state index contributed by atoms with van der Waals surface area (Å²) in [7, 11) is 0. The Balaban J connectivity index is 2.34. The molecule has 0 amide bonds. The van der Waals surface area contributed by atoms with Crippen molar-refractivity contribution in [2.75, 3.05) is 5.32 Å². The molecule has 0 fully saturated rings. The minimum absolute atomic E-state index is 0.473. The van der Waals surface area contributed by atoms with Gasteiger partial charge in [0, 0.05) is 11.7 Å². The average molecular weight is 230 g/mol. The summed E-state index contributed by atoms with van der Waals surface area (Å²) in [6.07, 6.45) is 6.40. The molecule has 2 heteroatoms. The van der Waals surface area contributed by atoms with Crippen molar-refractivity contribution in [1.29, 1.82) is 5.26 Å². The quantitative estimate of drug-likeness (QED) is 0.708. The highest BCUT2D eigenvalue weighted by molar-refractivity contribution is 5.49. The van der Waals surface area contributed by atoms with Gasteiger partial charge in [-0.3, -0.25) is 0 Å². The third-order valence-electron chi connectivity index (χ3n) is 2.90. The van der Waals surface area contributed by atoms with Gasteiger partial charge in [0.15, 0.2) is 0 Å². The SMILES string of the molecule is CCCCCCC(C)Nc1cccc(C#N)c1. The van der Waals surface area contributed by atoms with E-state index in [9.17, 15) is 0 Å². The molecular weight excluding hydrogens is 208 g/mol. The zero-order chi connectivity index (χ0) is 12.5. The molecule has 0 aliphatic carbocycles. The highest BCUT2D eigenvalue weighted by Gasteiger charge is 2.02. The van der Waals surface area contributed by atoms with Gasteiger partial charge in [-0.15, -0.1) is 0 Å². The maximum absolute atomic E-state index is 8.82. The van der Waals surface area contributed by atoms with Crippen LogP contribution in [0, 0.1) is 11.3 Å². The molecular formula is C15H22N2. The van der Waals surface area contributed by atoms with E-state index < -0.39 is 0 Å². The Morgan fingerprint density at radius 2 is 2.12 bits per heavy atom. The van der Waals surface area contributed by atoms with E-state index in [4.69, 9.17) is 5.26 Å². The van der Waals surface area contributed by atoms with E-state index in [0.717, 1.165) is 5.69 Å². The van der Waals surface area contributed by atoms with Crippen molar-refractivity contribution in [2.24, 2.45) is 0 Å². The summed E-state index contributed by atoms with van der Waals surface area (Å²) in [6.45, 7) is 4.43. The molecule has 2 nitrogen and oxygen atoms in total. The Morgan fingerprint density at radius 3 is 2.82 bits per heavy atom. The van der Waals surface area contributed by atoms with E-state index in [-0.39, 0.29) is 0 Å². The van der Waals surface area contributed by atoms with Crippen molar-refractivity contribution in [1.82, 2.24) is 0 Å². The number of nitrogens with zero attached hydrogens (tertiary/aromatic N) is 1. The Bertz CT molecular complexity index is 365. The predicted molar refractivity (Wildman–Crippen MR) is 73.0 cm³/mol. The molecule has 0 saturated heterocycles. The van der Waals surface area contributed by atoms with Gasteiger partial charge in [-0.2, -0.15) is 5.26 Å². The summed E-state index contributed by atoms with van der Waals surface area (Å²) < 4.78 is 0. The molecule has 0 aliphatic rings. The lowest BCUT2D eigenvalue weighted by atomic mass is 10.1. The molecule has 0 aromatic heterocycles. The fraction of sp³-hybridized carbons (Fsp3) is 0.533. The molecule has 1 atom stereocenters. The monoisotopic (exact) mass is 230 g/mol.